The second-order valence-corrected chi connectivity index (χ2v) is 25.0. The van der Waals surface area contributed by atoms with Crippen LogP contribution in [-0.2, 0) is 27.9 Å². The van der Waals surface area contributed by atoms with Gasteiger partial charge in [0.05, 0.1) is 33.8 Å². The zero-order valence-corrected chi connectivity index (χ0v) is 54.4. The van der Waals surface area contributed by atoms with Gasteiger partial charge in [0.2, 0.25) is 5.91 Å². The number of hydrogen-bond acceptors (Lipinski definition) is 7. The van der Waals surface area contributed by atoms with Gasteiger partial charge in [-0.05, 0) is 109 Å². The summed E-state index contributed by atoms with van der Waals surface area (Å²) in [6.07, 6.45) is 81.1. The van der Waals surface area contributed by atoms with E-state index < -0.39 is 26.6 Å². The topological polar surface area (TPSA) is 114 Å². The van der Waals surface area contributed by atoms with E-state index in [1.807, 2.05) is 33.3 Å². The van der Waals surface area contributed by atoms with E-state index in [0.717, 1.165) is 89.9 Å². The lowest BCUT2D eigenvalue weighted by Gasteiger charge is -2.30. The maximum Gasteiger partial charge on any atom is 0.306 e. The molecule has 0 aromatic carbocycles. The number of nitrogens with zero attached hydrogens (tertiary/aromatic N) is 1. The maximum absolute atomic E-state index is 13.5. The number of carbonyl (C=O) groups excluding carboxylic acids is 2. The molecular formula is C71H127N2O7P. The van der Waals surface area contributed by atoms with Crippen LogP contribution in [0.25, 0.3) is 0 Å². The van der Waals surface area contributed by atoms with Crippen molar-refractivity contribution in [1.82, 2.24) is 5.32 Å². The number of ether oxygens (including phenoxy) is 1. The Morgan fingerprint density at radius 3 is 1.21 bits per heavy atom. The lowest BCUT2D eigenvalue weighted by molar-refractivity contribution is -0.870. The number of quaternary nitrogens is 1. The average molecular weight is 1150 g/mol. The summed E-state index contributed by atoms with van der Waals surface area (Å²) in [5, 5.41) is 3.01. The van der Waals surface area contributed by atoms with Gasteiger partial charge in [0, 0.05) is 12.8 Å². The number of likely N-dealkylation sites (N-methyl/N-ethyl adjacent to an activating group) is 1. The van der Waals surface area contributed by atoms with Crippen molar-refractivity contribution in [2.24, 2.45) is 0 Å². The van der Waals surface area contributed by atoms with E-state index in [0.29, 0.717) is 17.4 Å². The van der Waals surface area contributed by atoms with Gasteiger partial charge >= 0.3 is 5.97 Å². The van der Waals surface area contributed by atoms with Gasteiger partial charge in [0.25, 0.3) is 7.82 Å². The lowest BCUT2D eigenvalue weighted by atomic mass is 10.0. The highest BCUT2D eigenvalue weighted by Gasteiger charge is 2.27. The van der Waals surface area contributed by atoms with Gasteiger partial charge < -0.3 is 28.5 Å². The number of hydrogen-bond donors (Lipinski definition) is 1. The Labute approximate surface area is 500 Å². The number of nitrogens with one attached hydrogen (secondary N) is 1. The fraction of sp³-hybridized carbons (Fsp3) is 0.746. The predicted octanol–water partition coefficient (Wildman–Crippen LogP) is 20.5. The molecule has 0 saturated heterocycles. The van der Waals surface area contributed by atoms with Crippen LogP contribution in [0.4, 0.5) is 0 Å². The van der Waals surface area contributed by atoms with E-state index in [9.17, 15) is 19.0 Å². The Kier molecular flexibility index (Phi) is 57.8. The van der Waals surface area contributed by atoms with Crippen LogP contribution in [0.3, 0.4) is 0 Å². The third kappa shape index (κ3) is 61.3. The minimum Gasteiger partial charge on any atom is -0.756 e. The second-order valence-electron chi connectivity index (χ2n) is 23.6. The molecule has 0 aliphatic rings. The van der Waals surface area contributed by atoms with E-state index in [2.05, 4.69) is 111 Å². The Bertz CT molecular complexity index is 1710. The smallest absolute Gasteiger partial charge is 0.306 e. The summed E-state index contributed by atoms with van der Waals surface area (Å²) in [4.78, 5) is 40.1. The number of phosphoric acid groups is 1. The lowest BCUT2D eigenvalue weighted by Crippen LogP contribution is -2.47. The Balaban J connectivity index is 5.18. The molecule has 9 nitrogen and oxygen atoms in total. The van der Waals surface area contributed by atoms with Crippen LogP contribution in [0.2, 0.25) is 0 Å². The number of esters is 1. The number of rotatable bonds is 60. The molecule has 0 aromatic heterocycles. The molecule has 1 N–H and O–H groups in total. The van der Waals surface area contributed by atoms with Crippen molar-refractivity contribution in [2.45, 2.75) is 303 Å². The number of amides is 1. The van der Waals surface area contributed by atoms with E-state index in [4.69, 9.17) is 13.8 Å². The van der Waals surface area contributed by atoms with Gasteiger partial charge in [-0.1, -0.05) is 266 Å². The third-order valence-corrected chi connectivity index (χ3v) is 15.5. The first-order valence-electron chi connectivity index (χ1n) is 33.5. The Morgan fingerprint density at radius 2 is 0.790 bits per heavy atom. The molecule has 0 aliphatic heterocycles. The van der Waals surface area contributed by atoms with Gasteiger partial charge in [-0.3, -0.25) is 14.2 Å². The van der Waals surface area contributed by atoms with E-state index in [1.165, 1.54) is 161 Å². The molecule has 81 heavy (non-hydrogen) atoms. The van der Waals surface area contributed by atoms with Crippen LogP contribution in [0.15, 0.2) is 97.2 Å². The van der Waals surface area contributed by atoms with Crippen molar-refractivity contribution in [3.05, 3.63) is 97.2 Å². The first-order valence-corrected chi connectivity index (χ1v) is 35.0. The highest BCUT2D eigenvalue weighted by atomic mass is 31.2. The molecule has 3 unspecified atom stereocenters. The van der Waals surface area contributed by atoms with Crippen LogP contribution in [0.5, 0.6) is 0 Å². The summed E-state index contributed by atoms with van der Waals surface area (Å²) in [6.45, 7) is 6.70. The summed E-state index contributed by atoms with van der Waals surface area (Å²) in [5.41, 5.74) is 0. The molecule has 3 atom stereocenters. The van der Waals surface area contributed by atoms with E-state index in [1.54, 1.807) is 0 Å². The molecule has 0 radical (unpaired) electrons. The molecule has 0 heterocycles. The first kappa shape index (κ1) is 77.9. The summed E-state index contributed by atoms with van der Waals surface area (Å²) in [7, 11) is 1.15. The Hall–Kier alpha value is -3.07. The molecule has 468 valence electrons. The molecular weight excluding hydrogens is 1020 g/mol. The zero-order valence-electron chi connectivity index (χ0n) is 53.5. The quantitative estimate of drug-likeness (QED) is 0.0212. The first-order chi connectivity index (χ1) is 39.4. The van der Waals surface area contributed by atoms with Crippen molar-refractivity contribution in [1.29, 1.82) is 0 Å². The standard InChI is InChI=1S/C71H127N2O7P/c1-7-10-13-16-19-22-25-27-29-31-33-35-36-38-40-42-44-46-49-52-55-58-61-64-71(75)80-69(62-59-56-53-50-47-24-21-18-15-12-9-3)68(67-79-81(76,77)78-66-65-73(4,5)6)72-70(74)63-60-57-54-51-48-45-43-41-39-37-34-32-30-28-26-23-20-17-14-11-8-2/h11,14,20,23,27-30,34,37,41,43,48,51,59,62,68-69H,7-10,12-13,15-19,21-22,24-26,31-33,35-36,38-40,42,44-47,49-50,52-58,60-61,63-67H2,1-6H3,(H-,72,74,76,77)/b14-11-,23-20-,29-27+,30-28-,37-34-,43-41-,51-48-,62-59+. The molecule has 0 aliphatic carbocycles. The van der Waals surface area contributed by atoms with Gasteiger partial charge in [0.15, 0.2) is 0 Å². The molecule has 0 spiro atoms. The van der Waals surface area contributed by atoms with Crippen molar-refractivity contribution in [3.8, 4) is 0 Å². The van der Waals surface area contributed by atoms with E-state index in [-0.39, 0.29) is 31.3 Å². The summed E-state index contributed by atoms with van der Waals surface area (Å²) >= 11 is 0. The highest BCUT2D eigenvalue weighted by molar-refractivity contribution is 7.45. The SMILES string of the molecule is CC/C=C\C/C=C\C/C=C\C/C=C\C/C=C\C/C=C\CCCCC(=O)NC(COP(=O)([O-])OCC[N+](C)(C)C)C(/C=C/CCCCCCCCCCC)OC(=O)CCCCCCCCCCCCCCC/C=C/CCCCCCCC. The number of carbonyl (C=O) groups is 2. The number of phosphoric ester groups is 1. The largest absolute Gasteiger partial charge is 0.756 e. The van der Waals surface area contributed by atoms with Crippen LogP contribution < -0.4 is 10.2 Å². The monoisotopic (exact) mass is 1150 g/mol. The fourth-order valence-corrected chi connectivity index (χ4v) is 10.1. The molecule has 0 saturated carbocycles. The van der Waals surface area contributed by atoms with Crippen molar-refractivity contribution in [2.75, 3.05) is 40.9 Å². The van der Waals surface area contributed by atoms with Crippen LogP contribution in [0, 0.1) is 0 Å². The van der Waals surface area contributed by atoms with Gasteiger partial charge in [-0.15, -0.1) is 0 Å². The predicted molar refractivity (Wildman–Crippen MR) is 348 cm³/mol. The van der Waals surface area contributed by atoms with Gasteiger partial charge in [-0.25, -0.2) is 0 Å². The summed E-state index contributed by atoms with van der Waals surface area (Å²) < 4.78 is 30.3. The minimum absolute atomic E-state index is 0.0346. The van der Waals surface area contributed by atoms with Crippen molar-refractivity contribution < 1.29 is 37.3 Å². The molecule has 0 fully saturated rings. The van der Waals surface area contributed by atoms with Crippen molar-refractivity contribution >= 4 is 19.7 Å². The zero-order chi connectivity index (χ0) is 59.3. The molecule has 0 rings (SSSR count). The average Bonchev–Trinajstić information content (AvgIpc) is 3.44. The Morgan fingerprint density at radius 1 is 0.444 bits per heavy atom. The summed E-state index contributed by atoms with van der Waals surface area (Å²) in [6, 6.07) is -0.916. The summed E-state index contributed by atoms with van der Waals surface area (Å²) in [5.74, 6) is -0.591. The minimum atomic E-state index is -4.72. The normalized spacial score (nSPS) is 14.2. The maximum atomic E-state index is 13.5. The van der Waals surface area contributed by atoms with Gasteiger partial charge in [-0.2, -0.15) is 0 Å². The van der Waals surface area contributed by atoms with Crippen LogP contribution in [0.1, 0.15) is 290 Å². The second kappa shape index (κ2) is 60.1. The molecule has 0 bridgehead atoms. The van der Waals surface area contributed by atoms with Crippen LogP contribution in [-0.4, -0.2) is 69.4 Å². The fourth-order valence-electron chi connectivity index (χ4n) is 9.34. The molecule has 1 amide bonds. The van der Waals surface area contributed by atoms with Gasteiger partial charge in [0.1, 0.15) is 19.3 Å². The van der Waals surface area contributed by atoms with Crippen LogP contribution >= 0.6 is 7.82 Å². The number of allylic oxidation sites excluding steroid dienone is 15. The molecule has 0 aromatic rings. The van der Waals surface area contributed by atoms with E-state index >= 15 is 0 Å². The highest BCUT2D eigenvalue weighted by Crippen LogP contribution is 2.38. The third-order valence-electron chi connectivity index (χ3n) is 14.5. The van der Waals surface area contributed by atoms with Crippen molar-refractivity contribution in [3.63, 3.8) is 0 Å². The number of unbranched alkanes of at least 4 members (excludes halogenated alkanes) is 30. The molecule has 10 heteroatoms.